The highest BCUT2D eigenvalue weighted by Crippen LogP contribution is 2.24. The first-order valence-electron chi connectivity index (χ1n) is 5.88. The van der Waals surface area contributed by atoms with Gasteiger partial charge in [-0.3, -0.25) is 4.90 Å². The molecule has 0 fully saturated rings. The van der Waals surface area contributed by atoms with Gasteiger partial charge >= 0.3 is 12.1 Å². The Hall–Kier alpha value is -1.56. The van der Waals surface area contributed by atoms with Crippen molar-refractivity contribution in [1.82, 2.24) is 4.90 Å². The van der Waals surface area contributed by atoms with E-state index in [2.05, 4.69) is 4.74 Å². The summed E-state index contributed by atoms with van der Waals surface area (Å²) in [5, 5.41) is 0. The summed E-state index contributed by atoms with van der Waals surface area (Å²) in [5.74, 6) is -0.476. The molecule has 19 heavy (non-hydrogen) atoms. The average molecular weight is 273 g/mol. The number of hydrogen-bond donors (Lipinski definition) is 0. The second-order valence-electron chi connectivity index (χ2n) is 4.55. The van der Waals surface area contributed by atoms with Gasteiger partial charge in [-0.1, -0.05) is 6.07 Å². The van der Waals surface area contributed by atoms with Crippen LogP contribution in [0.15, 0.2) is 18.2 Å². The lowest BCUT2D eigenvalue weighted by molar-refractivity contribution is -0.147. The third-order valence-electron chi connectivity index (χ3n) is 3.12. The minimum absolute atomic E-state index is 0.208. The topological polar surface area (TPSA) is 29.5 Å². The van der Waals surface area contributed by atoms with Crippen LogP contribution in [0.3, 0.4) is 0 Å². The molecule has 3 nitrogen and oxygen atoms in total. The van der Waals surface area contributed by atoms with Gasteiger partial charge in [-0.15, -0.1) is 0 Å². The highest BCUT2D eigenvalue weighted by atomic mass is 19.4. The molecule has 0 bridgehead atoms. The van der Waals surface area contributed by atoms with Gasteiger partial charge in [0.15, 0.2) is 0 Å². The molecule has 104 valence electrons. The molecule has 1 aliphatic rings. The van der Waals surface area contributed by atoms with E-state index in [0.717, 1.165) is 11.1 Å². The SMILES string of the molecule is COC(=O)c1ccc2c(c1)CN(CC(F)(F)F)CC2. The van der Waals surface area contributed by atoms with Crippen molar-refractivity contribution < 1.29 is 22.7 Å². The van der Waals surface area contributed by atoms with Crippen LogP contribution in [0.1, 0.15) is 21.5 Å². The first-order valence-corrected chi connectivity index (χ1v) is 5.88. The second kappa shape index (κ2) is 5.21. The van der Waals surface area contributed by atoms with E-state index < -0.39 is 18.7 Å². The van der Waals surface area contributed by atoms with Crippen LogP contribution in [0.4, 0.5) is 13.2 Å². The minimum Gasteiger partial charge on any atom is -0.465 e. The maximum Gasteiger partial charge on any atom is 0.401 e. The number of halogens is 3. The van der Waals surface area contributed by atoms with Gasteiger partial charge < -0.3 is 4.74 Å². The molecule has 0 saturated carbocycles. The number of carbonyl (C=O) groups is 1. The van der Waals surface area contributed by atoms with E-state index >= 15 is 0 Å². The van der Waals surface area contributed by atoms with Gasteiger partial charge in [0.1, 0.15) is 0 Å². The fourth-order valence-electron chi connectivity index (χ4n) is 2.25. The second-order valence-corrected chi connectivity index (χ2v) is 4.55. The van der Waals surface area contributed by atoms with Gasteiger partial charge in [0.2, 0.25) is 0 Å². The van der Waals surface area contributed by atoms with Gasteiger partial charge in [-0.2, -0.15) is 13.2 Å². The Morgan fingerprint density at radius 2 is 2.11 bits per heavy atom. The number of benzene rings is 1. The van der Waals surface area contributed by atoms with E-state index in [-0.39, 0.29) is 6.54 Å². The number of alkyl halides is 3. The molecule has 0 amide bonds. The molecule has 2 rings (SSSR count). The van der Waals surface area contributed by atoms with E-state index in [1.807, 2.05) is 0 Å². The quantitative estimate of drug-likeness (QED) is 0.775. The maximum atomic E-state index is 12.4. The monoisotopic (exact) mass is 273 g/mol. The molecule has 1 aromatic carbocycles. The van der Waals surface area contributed by atoms with Crippen LogP contribution in [0.5, 0.6) is 0 Å². The summed E-state index contributed by atoms with van der Waals surface area (Å²) in [7, 11) is 1.28. The molecule has 0 radical (unpaired) electrons. The van der Waals surface area contributed by atoms with Crippen molar-refractivity contribution in [1.29, 1.82) is 0 Å². The lowest BCUT2D eigenvalue weighted by Crippen LogP contribution is -2.38. The molecular weight excluding hydrogens is 259 g/mol. The Labute approximate surface area is 109 Å². The summed E-state index contributed by atoms with van der Waals surface area (Å²) in [6.45, 7) is -0.335. The molecule has 0 N–H and O–H groups in total. The zero-order valence-electron chi connectivity index (χ0n) is 10.5. The van der Waals surface area contributed by atoms with E-state index in [4.69, 9.17) is 0 Å². The normalized spacial score (nSPS) is 16.0. The van der Waals surface area contributed by atoms with Crippen LogP contribution in [0.2, 0.25) is 0 Å². The van der Waals surface area contributed by atoms with Crippen LogP contribution in [-0.4, -0.2) is 37.2 Å². The van der Waals surface area contributed by atoms with Crippen molar-refractivity contribution in [2.75, 3.05) is 20.2 Å². The van der Waals surface area contributed by atoms with E-state index in [0.29, 0.717) is 18.5 Å². The van der Waals surface area contributed by atoms with Crippen LogP contribution >= 0.6 is 0 Å². The first kappa shape index (κ1) is 13.9. The summed E-state index contributed by atoms with van der Waals surface area (Å²) >= 11 is 0. The van der Waals surface area contributed by atoms with Crippen molar-refractivity contribution in [2.24, 2.45) is 0 Å². The summed E-state index contributed by atoms with van der Waals surface area (Å²) in [4.78, 5) is 12.7. The zero-order valence-corrected chi connectivity index (χ0v) is 10.5. The number of nitrogens with zero attached hydrogens (tertiary/aromatic N) is 1. The summed E-state index contributed by atoms with van der Waals surface area (Å²) < 4.78 is 41.7. The van der Waals surface area contributed by atoms with E-state index in [9.17, 15) is 18.0 Å². The molecule has 6 heteroatoms. The van der Waals surface area contributed by atoms with E-state index in [1.54, 1.807) is 18.2 Å². The van der Waals surface area contributed by atoms with Crippen LogP contribution < -0.4 is 0 Å². The standard InChI is InChI=1S/C13H14F3NO2/c1-19-12(18)10-3-2-9-4-5-17(7-11(9)6-10)8-13(14,15)16/h2-3,6H,4-5,7-8H2,1H3. The number of methoxy groups -OCH3 is 1. The van der Waals surface area contributed by atoms with Gasteiger partial charge in [0.05, 0.1) is 19.2 Å². The highest BCUT2D eigenvalue weighted by Gasteiger charge is 2.32. The molecule has 1 aromatic rings. The summed E-state index contributed by atoms with van der Waals surface area (Å²) in [6, 6.07) is 5.04. The summed E-state index contributed by atoms with van der Waals surface area (Å²) in [5.41, 5.74) is 2.12. The van der Waals surface area contributed by atoms with Crippen LogP contribution in [-0.2, 0) is 17.7 Å². The Morgan fingerprint density at radius 1 is 1.37 bits per heavy atom. The highest BCUT2D eigenvalue weighted by molar-refractivity contribution is 5.89. The third kappa shape index (κ3) is 3.47. The van der Waals surface area contributed by atoms with E-state index in [1.165, 1.54) is 12.0 Å². The zero-order chi connectivity index (χ0) is 14.0. The van der Waals surface area contributed by atoms with Gasteiger partial charge in [0, 0.05) is 13.1 Å². The van der Waals surface area contributed by atoms with Crippen molar-refractivity contribution >= 4 is 5.97 Å². The van der Waals surface area contributed by atoms with Crippen molar-refractivity contribution in [3.63, 3.8) is 0 Å². The molecule has 0 atom stereocenters. The number of carbonyl (C=O) groups excluding carboxylic acids is 1. The van der Waals surface area contributed by atoms with Gasteiger partial charge in [0.25, 0.3) is 0 Å². The lowest BCUT2D eigenvalue weighted by Gasteiger charge is -2.29. The van der Waals surface area contributed by atoms with Crippen molar-refractivity contribution in [2.45, 2.75) is 19.1 Å². The Morgan fingerprint density at radius 3 is 2.74 bits per heavy atom. The number of hydrogen-bond acceptors (Lipinski definition) is 3. The average Bonchev–Trinajstić information content (AvgIpc) is 2.35. The Balaban J connectivity index is 2.16. The number of esters is 1. The number of fused-ring (bicyclic) bond motifs is 1. The molecule has 1 aliphatic heterocycles. The maximum absolute atomic E-state index is 12.4. The molecule has 0 spiro atoms. The predicted molar refractivity (Wildman–Crippen MR) is 62.8 cm³/mol. The minimum atomic E-state index is -4.20. The first-order chi connectivity index (χ1) is 8.89. The summed E-state index contributed by atoms with van der Waals surface area (Å²) in [6.07, 6.45) is -3.63. The fourth-order valence-corrected chi connectivity index (χ4v) is 2.25. The fraction of sp³-hybridized carbons (Fsp3) is 0.462. The molecule has 0 aromatic heterocycles. The smallest absolute Gasteiger partial charge is 0.401 e. The Kier molecular flexibility index (Phi) is 3.80. The van der Waals surface area contributed by atoms with Crippen LogP contribution in [0.25, 0.3) is 0 Å². The molecule has 1 heterocycles. The molecular formula is C13H14F3NO2. The van der Waals surface area contributed by atoms with Crippen molar-refractivity contribution in [3.8, 4) is 0 Å². The third-order valence-corrected chi connectivity index (χ3v) is 3.12. The largest absolute Gasteiger partial charge is 0.465 e. The molecule has 0 aliphatic carbocycles. The van der Waals surface area contributed by atoms with Gasteiger partial charge in [-0.05, 0) is 29.7 Å². The predicted octanol–water partition coefficient (Wildman–Crippen LogP) is 2.39. The van der Waals surface area contributed by atoms with Crippen LogP contribution in [0, 0.1) is 0 Å². The molecule has 0 saturated heterocycles. The lowest BCUT2D eigenvalue weighted by atomic mass is 9.97. The van der Waals surface area contributed by atoms with Gasteiger partial charge in [-0.25, -0.2) is 4.79 Å². The Bertz CT molecular complexity index is 485. The number of ether oxygens (including phenoxy) is 1. The number of rotatable bonds is 2. The molecule has 0 unspecified atom stereocenters. The van der Waals surface area contributed by atoms with Crippen molar-refractivity contribution in [3.05, 3.63) is 34.9 Å².